The number of pyridine rings is 1. The Kier molecular flexibility index (Phi) is 4.90. The minimum Gasteiger partial charge on any atom is -0.331 e. The van der Waals surface area contributed by atoms with Crippen molar-refractivity contribution >= 4 is 29.1 Å². The Morgan fingerprint density at radius 2 is 1.90 bits per heavy atom. The van der Waals surface area contributed by atoms with Gasteiger partial charge in [0.15, 0.2) is 0 Å². The fourth-order valence-corrected chi connectivity index (χ4v) is 1.83. The van der Waals surface area contributed by atoms with Crippen LogP contribution in [0.15, 0.2) is 48.7 Å². The zero-order valence-corrected chi connectivity index (χ0v) is 12.2. The molecular formula is C15H14ClN3O2. The zero-order chi connectivity index (χ0) is 15.2. The van der Waals surface area contributed by atoms with E-state index >= 15 is 0 Å². The molecule has 5 nitrogen and oxygen atoms in total. The average Bonchev–Trinajstić information content (AvgIpc) is 2.49. The number of carbonyl (C=O) groups excluding carboxylic acids is 2. The van der Waals surface area contributed by atoms with Crippen LogP contribution in [0.2, 0.25) is 5.02 Å². The highest BCUT2D eigenvalue weighted by Gasteiger charge is 2.15. The minimum atomic E-state index is -0.304. The van der Waals surface area contributed by atoms with Gasteiger partial charge in [-0.05, 0) is 36.4 Å². The van der Waals surface area contributed by atoms with Crippen LogP contribution in [0.5, 0.6) is 0 Å². The van der Waals surface area contributed by atoms with Crippen LogP contribution >= 0.6 is 11.6 Å². The number of rotatable bonds is 4. The average molecular weight is 304 g/mol. The van der Waals surface area contributed by atoms with Crippen molar-refractivity contribution in [3.05, 3.63) is 59.4 Å². The second-order valence-corrected chi connectivity index (χ2v) is 4.87. The van der Waals surface area contributed by atoms with Gasteiger partial charge in [-0.15, -0.1) is 0 Å². The molecule has 0 spiro atoms. The summed E-state index contributed by atoms with van der Waals surface area (Å²) in [5.41, 5.74) is 0.933. The number of anilines is 1. The molecule has 0 saturated heterocycles. The van der Waals surface area contributed by atoms with Gasteiger partial charge < -0.3 is 10.2 Å². The Morgan fingerprint density at radius 3 is 2.52 bits per heavy atom. The number of nitrogens with zero attached hydrogens (tertiary/aromatic N) is 2. The monoisotopic (exact) mass is 303 g/mol. The quantitative estimate of drug-likeness (QED) is 0.943. The Balaban J connectivity index is 1.93. The predicted octanol–water partition coefficient (Wildman–Crippen LogP) is 2.45. The van der Waals surface area contributed by atoms with E-state index in [0.717, 1.165) is 0 Å². The summed E-state index contributed by atoms with van der Waals surface area (Å²) >= 11 is 5.77. The number of carbonyl (C=O) groups is 2. The first-order valence-electron chi connectivity index (χ1n) is 6.28. The SMILES string of the molecule is CN(CC(=O)Nc1ccc(Cl)cc1)C(=O)c1ccccn1. The van der Waals surface area contributed by atoms with Crippen molar-refractivity contribution in [2.24, 2.45) is 0 Å². The van der Waals surface area contributed by atoms with Gasteiger partial charge in [0.2, 0.25) is 5.91 Å². The highest BCUT2D eigenvalue weighted by Crippen LogP contribution is 2.13. The summed E-state index contributed by atoms with van der Waals surface area (Å²) in [7, 11) is 1.55. The van der Waals surface area contributed by atoms with E-state index in [4.69, 9.17) is 11.6 Å². The lowest BCUT2D eigenvalue weighted by Crippen LogP contribution is -2.35. The molecular weight excluding hydrogens is 290 g/mol. The number of aromatic nitrogens is 1. The molecule has 0 aliphatic heterocycles. The fraction of sp³-hybridized carbons (Fsp3) is 0.133. The maximum absolute atomic E-state index is 12.0. The Hall–Kier alpha value is -2.40. The molecule has 0 saturated carbocycles. The Morgan fingerprint density at radius 1 is 1.19 bits per heavy atom. The van der Waals surface area contributed by atoms with E-state index in [-0.39, 0.29) is 18.4 Å². The summed E-state index contributed by atoms with van der Waals surface area (Å²) < 4.78 is 0. The van der Waals surface area contributed by atoms with Crippen LogP contribution in [-0.2, 0) is 4.79 Å². The number of hydrogen-bond acceptors (Lipinski definition) is 3. The smallest absolute Gasteiger partial charge is 0.272 e. The van der Waals surface area contributed by atoms with Gasteiger partial charge in [0.25, 0.3) is 5.91 Å². The predicted molar refractivity (Wildman–Crippen MR) is 81.3 cm³/mol. The lowest BCUT2D eigenvalue weighted by molar-refractivity contribution is -0.116. The van der Waals surface area contributed by atoms with Gasteiger partial charge in [0.05, 0.1) is 6.54 Å². The van der Waals surface area contributed by atoms with Crippen molar-refractivity contribution in [1.29, 1.82) is 0 Å². The summed E-state index contributed by atoms with van der Waals surface area (Å²) in [6.45, 7) is -0.0575. The third-order valence-electron chi connectivity index (χ3n) is 2.74. The molecule has 0 atom stereocenters. The molecule has 1 aromatic heterocycles. The van der Waals surface area contributed by atoms with E-state index < -0.39 is 0 Å². The third-order valence-corrected chi connectivity index (χ3v) is 2.99. The standard InChI is InChI=1S/C15H14ClN3O2/c1-19(15(21)13-4-2-3-9-17-13)10-14(20)18-12-7-5-11(16)6-8-12/h2-9H,10H2,1H3,(H,18,20). The Bertz CT molecular complexity index is 629. The van der Waals surface area contributed by atoms with Crippen molar-refractivity contribution in [3.8, 4) is 0 Å². The third kappa shape index (κ3) is 4.29. The first kappa shape index (κ1) is 15.0. The van der Waals surface area contributed by atoms with Crippen molar-refractivity contribution in [2.45, 2.75) is 0 Å². The van der Waals surface area contributed by atoms with E-state index in [1.54, 1.807) is 49.5 Å². The van der Waals surface area contributed by atoms with Gasteiger partial charge in [-0.3, -0.25) is 14.6 Å². The summed E-state index contributed by atoms with van der Waals surface area (Å²) in [4.78, 5) is 29.2. The molecule has 0 fully saturated rings. The number of benzene rings is 1. The van der Waals surface area contributed by atoms with Crippen LogP contribution in [0.3, 0.4) is 0 Å². The topological polar surface area (TPSA) is 62.3 Å². The maximum atomic E-state index is 12.0. The van der Waals surface area contributed by atoms with Crippen LogP contribution in [0.25, 0.3) is 0 Å². The summed E-state index contributed by atoms with van der Waals surface area (Å²) in [5.74, 6) is -0.592. The molecule has 0 unspecified atom stereocenters. The molecule has 21 heavy (non-hydrogen) atoms. The number of likely N-dealkylation sites (N-methyl/N-ethyl adjacent to an activating group) is 1. The van der Waals surface area contributed by atoms with Crippen LogP contribution < -0.4 is 5.32 Å². The van der Waals surface area contributed by atoms with Gasteiger partial charge in [-0.2, -0.15) is 0 Å². The first-order valence-corrected chi connectivity index (χ1v) is 6.66. The van der Waals surface area contributed by atoms with Crippen molar-refractivity contribution < 1.29 is 9.59 Å². The molecule has 0 aliphatic carbocycles. The van der Waals surface area contributed by atoms with Crippen LogP contribution in [0.4, 0.5) is 5.69 Å². The van der Waals surface area contributed by atoms with E-state index in [0.29, 0.717) is 16.4 Å². The molecule has 0 aliphatic rings. The molecule has 1 aromatic carbocycles. The maximum Gasteiger partial charge on any atom is 0.272 e. The summed E-state index contributed by atoms with van der Waals surface area (Å²) in [5, 5.41) is 3.29. The van der Waals surface area contributed by atoms with Crippen LogP contribution in [0.1, 0.15) is 10.5 Å². The van der Waals surface area contributed by atoms with E-state index in [9.17, 15) is 9.59 Å². The van der Waals surface area contributed by atoms with Gasteiger partial charge in [0, 0.05) is 24.0 Å². The van der Waals surface area contributed by atoms with E-state index in [2.05, 4.69) is 10.3 Å². The molecule has 6 heteroatoms. The van der Waals surface area contributed by atoms with E-state index in [1.165, 1.54) is 11.1 Å². The second kappa shape index (κ2) is 6.85. The number of nitrogens with one attached hydrogen (secondary N) is 1. The van der Waals surface area contributed by atoms with Gasteiger partial charge in [-0.1, -0.05) is 17.7 Å². The molecule has 2 rings (SSSR count). The molecule has 1 heterocycles. The van der Waals surface area contributed by atoms with Gasteiger partial charge in [-0.25, -0.2) is 0 Å². The lowest BCUT2D eigenvalue weighted by atomic mass is 10.3. The number of halogens is 1. The number of hydrogen-bond donors (Lipinski definition) is 1. The van der Waals surface area contributed by atoms with E-state index in [1.807, 2.05) is 0 Å². The lowest BCUT2D eigenvalue weighted by Gasteiger charge is -2.16. The van der Waals surface area contributed by atoms with Gasteiger partial charge in [0.1, 0.15) is 5.69 Å². The molecule has 108 valence electrons. The molecule has 1 N–H and O–H groups in total. The van der Waals surface area contributed by atoms with Crippen LogP contribution in [-0.4, -0.2) is 35.3 Å². The second-order valence-electron chi connectivity index (χ2n) is 4.43. The molecule has 0 radical (unpaired) electrons. The fourth-order valence-electron chi connectivity index (χ4n) is 1.71. The molecule has 2 amide bonds. The molecule has 2 aromatic rings. The Labute approximate surface area is 127 Å². The van der Waals surface area contributed by atoms with Crippen LogP contribution in [0, 0.1) is 0 Å². The number of amides is 2. The highest BCUT2D eigenvalue weighted by atomic mass is 35.5. The van der Waals surface area contributed by atoms with Gasteiger partial charge >= 0.3 is 0 Å². The van der Waals surface area contributed by atoms with Crippen molar-refractivity contribution in [1.82, 2.24) is 9.88 Å². The highest BCUT2D eigenvalue weighted by molar-refractivity contribution is 6.30. The van der Waals surface area contributed by atoms with Crippen molar-refractivity contribution in [2.75, 3.05) is 18.9 Å². The normalized spacial score (nSPS) is 10.0. The zero-order valence-electron chi connectivity index (χ0n) is 11.4. The largest absolute Gasteiger partial charge is 0.331 e. The minimum absolute atomic E-state index is 0.0575. The first-order chi connectivity index (χ1) is 10.1. The summed E-state index contributed by atoms with van der Waals surface area (Å²) in [6, 6.07) is 11.8. The van der Waals surface area contributed by atoms with Crippen molar-refractivity contribution in [3.63, 3.8) is 0 Å². The summed E-state index contributed by atoms with van der Waals surface area (Å²) in [6.07, 6.45) is 1.54. The molecule has 0 bridgehead atoms.